The van der Waals surface area contributed by atoms with E-state index in [0.717, 1.165) is 0 Å². The maximum Gasteiger partial charge on any atom is 0.306 e. The number of carboxylic acid groups (broad SMARTS) is 1. The third-order valence-corrected chi connectivity index (χ3v) is 2.83. The standard InChI is InChI=1S/C11H15N5O3/c1-15-6-16(5-3-2-4-7(17)18)9-8(15)10(19)14-11(12)13-9/h6H,2-5H2,1H3,(H3-,12,13,14,17,18,19). The molecule has 2 aromatic rings. The summed E-state index contributed by atoms with van der Waals surface area (Å²) in [6, 6.07) is 0. The number of nitrogens with zero attached hydrogens (tertiary/aromatic N) is 4. The molecule has 2 aromatic heterocycles. The molecule has 0 saturated carbocycles. The molecule has 0 bridgehead atoms. The minimum absolute atomic E-state index is 0.0528. The van der Waals surface area contributed by atoms with Gasteiger partial charge < -0.3 is 15.9 Å². The number of aromatic nitrogens is 4. The zero-order valence-corrected chi connectivity index (χ0v) is 10.5. The second-order valence-electron chi connectivity index (χ2n) is 4.33. The molecule has 0 aliphatic carbocycles. The highest BCUT2D eigenvalue weighted by molar-refractivity contribution is 5.73. The van der Waals surface area contributed by atoms with Crippen molar-refractivity contribution >= 4 is 23.1 Å². The third-order valence-electron chi connectivity index (χ3n) is 2.83. The van der Waals surface area contributed by atoms with Gasteiger partial charge in [0, 0.05) is 12.3 Å². The summed E-state index contributed by atoms with van der Waals surface area (Å²) in [5.74, 6) is -1.27. The number of nitrogen functional groups attached to an aromatic ring is 1. The molecule has 0 unspecified atom stereocenters. The number of aryl methyl sites for hydroxylation is 2. The minimum atomic E-state index is -0.809. The SMILES string of the molecule is Cn1c[n+](CCCCC(=O)O)c2nc(N)nc([O-])c21. The Morgan fingerprint density at radius 3 is 2.95 bits per heavy atom. The lowest BCUT2D eigenvalue weighted by Crippen LogP contribution is -2.33. The number of aliphatic carboxylic acids is 1. The Kier molecular flexibility index (Phi) is 3.50. The zero-order chi connectivity index (χ0) is 14.0. The van der Waals surface area contributed by atoms with E-state index < -0.39 is 11.8 Å². The number of carboxylic acids is 1. The predicted octanol–water partition coefficient (Wildman–Crippen LogP) is -0.833. The van der Waals surface area contributed by atoms with E-state index in [2.05, 4.69) is 9.97 Å². The first-order valence-electron chi connectivity index (χ1n) is 5.90. The maximum absolute atomic E-state index is 11.7. The zero-order valence-electron chi connectivity index (χ0n) is 10.5. The molecule has 0 fully saturated rings. The molecule has 0 amide bonds. The molecule has 0 saturated heterocycles. The van der Waals surface area contributed by atoms with Crippen molar-refractivity contribution < 1.29 is 19.6 Å². The summed E-state index contributed by atoms with van der Waals surface area (Å²) in [6.45, 7) is 0.584. The van der Waals surface area contributed by atoms with Gasteiger partial charge in [-0.2, -0.15) is 0 Å². The number of imidazole rings is 1. The van der Waals surface area contributed by atoms with Gasteiger partial charge in [0.25, 0.3) is 5.95 Å². The first-order valence-corrected chi connectivity index (χ1v) is 5.90. The number of rotatable bonds is 5. The third kappa shape index (κ3) is 2.72. The van der Waals surface area contributed by atoms with E-state index in [-0.39, 0.29) is 12.4 Å². The van der Waals surface area contributed by atoms with E-state index in [1.54, 1.807) is 22.5 Å². The first kappa shape index (κ1) is 13.1. The number of anilines is 1. The number of hydrogen-bond acceptors (Lipinski definition) is 5. The molecular weight excluding hydrogens is 250 g/mol. The molecule has 102 valence electrons. The van der Waals surface area contributed by atoms with Crippen LogP contribution in [0.5, 0.6) is 5.88 Å². The Morgan fingerprint density at radius 2 is 2.26 bits per heavy atom. The van der Waals surface area contributed by atoms with Gasteiger partial charge in [0.15, 0.2) is 11.8 Å². The summed E-state index contributed by atoms with van der Waals surface area (Å²) in [6.07, 6.45) is 3.13. The van der Waals surface area contributed by atoms with Crippen molar-refractivity contribution in [1.29, 1.82) is 0 Å². The highest BCUT2D eigenvalue weighted by atomic mass is 16.4. The van der Waals surface area contributed by atoms with Crippen LogP contribution in [0.1, 0.15) is 19.3 Å². The predicted molar refractivity (Wildman–Crippen MR) is 64.0 cm³/mol. The first-order chi connectivity index (χ1) is 8.99. The van der Waals surface area contributed by atoms with Crippen molar-refractivity contribution in [2.24, 2.45) is 7.05 Å². The minimum Gasteiger partial charge on any atom is -0.856 e. The molecule has 8 nitrogen and oxygen atoms in total. The monoisotopic (exact) mass is 265 g/mol. The second kappa shape index (κ2) is 5.09. The van der Waals surface area contributed by atoms with Gasteiger partial charge in [-0.3, -0.25) is 9.36 Å². The van der Waals surface area contributed by atoms with Crippen LogP contribution in [0.25, 0.3) is 11.2 Å². The number of carbonyl (C=O) groups is 1. The van der Waals surface area contributed by atoms with Gasteiger partial charge in [0.2, 0.25) is 0 Å². The molecule has 19 heavy (non-hydrogen) atoms. The fourth-order valence-corrected chi connectivity index (χ4v) is 1.99. The van der Waals surface area contributed by atoms with Crippen LogP contribution < -0.4 is 15.4 Å². The number of hydrogen-bond donors (Lipinski definition) is 2. The Hall–Kier alpha value is -2.38. The second-order valence-corrected chi connectivity index (χ2v) is 4.33. The topological polar surface area (TPSA) is 121 Å². The molecule has 3 N–H and O–H groups in total. The highest BCUT2D eigenvalue weighted by Crippen LogP contribution is 2.16. The maximum atomic E-state index is 11.7. The molecule has 0 aromatic carbocycles. The fourth-order valence-electron chi connectivity index (χ4n) is 1.99. The molecular formula is C11H15N5O3. The Labute approximate surface area is 109 Å². The molecule has 8 heteroatoms. The summed E-state index contributed by atoms with van der Waals surface area (Å²) in [5, 5.41) is 20.3. The Balaban J connectivity index is 2.22. The summed E-state index contributed by atoms with van der Waals surface area (Å²) in [7, 11) is 1.73. The molecule has 0 radical (unpaired) electrons. The summed E-state index contributed by atoms with van der Waals surface area (Å²) in [4.78, 5) is 18.1. The number of fused-ring (bicyclic) bond motifs is 1. The van der Waals surface area contributed by atoms with Gasteiger partial charge in [-0.05, 0) is 12.8 Å². The highest BCUT2D eigenvalue weighted by Gasteiger charge is 2.17. The van der Waals surface area contributed by atoms with Crippen molar-refractivity contribution in [3.63, 3.8) is 0 Å². The van der Waals surface area contributed by atoms with Crippen LogP contribution in [0.2, 0.25) is 0 Å². The van der Waals surface area contributed by atoms with Crippen molar-refractivity contribution in [3.05, 3.63) is 6.33 Å². The quantitative estimate of drug-likeness (QED) is 0.537. The van der Waals surface area contributed by atoms with Crippen LogP contribution in [0, 0.1) is 0 Å². The summed E-state index contributed by atoms with van der Waals surface area (Å²) < 4.78 is 3.44. The van der Waals surface area contributed by atoms with E-state index >= 15 is 0 Å². The normalized spacial score (nSPS) is 11.0. The van der Waals surface area contributed by atoms with Crippen molar-refractivity contribution in [2.75, 3.05) is 5.73 Å². The van der Waals surface area contributed by atoms with Gasteiger partial charge in [-0.1, -0.05) is 4.98 Å². The van der Waals surface area contributed by atoms with Crippen LogP contribution in [-0.4, -0.2) is 25.6 Å². The van der Waals surface area contributed by atoms with Crippen molar-refractivity contribution in [3.8, 4) is 5.88 Å². The van der Waals surface area contributed by atoms with Gasteiger partial charge >= 0.3 is 11.6 Å². The van der Waals surface area contributed by atoms with E-state index in [4.69, 9.17) is 10.8 Å². The van der Waals surface area contributed by atoms with E-state index in [9.17, 15) is 9.90 Å². The van der Waals surface area contributed by atoms with E-state index in [0.29, 0.717) is 30.6 Å². The summed E-state index contributed by atoms with van der Waals surface area (Å²) >= 11 is 0. The molecule has 0 aliphatic rings. The van der Waals surface area contributed by atoms with Crippen LogP contribution in [-0.2, 0) is 18.4 Å². The average molecular weight is 265 g/mol. The lowest BCUT2D eigenvalue weighted by atomic mass is 10.2. The van der Waals surface area contributed by atoms with Gasteiger partial charge in [0.05, 0.1) is 13.6 Å². The average Bonchev–Trinajstić information content (AvgIpc) is 2.61. The Morgan fingerprint density at radius 1 is 1.53 bits per heavy atom. The van der Waals surface area contributed by atoms with Crippen LogP contribution in [0.15, 0.2) is 6.33 Å². The molecule has 0 spiro atoms. The van der Waals surface area contributed by atoms with Gasteiger partial charge in [0.1, 0.15) is 0 Å². The van der Waals surface area contributed by atoms with Gasteiger partial charge in [-0.15, -0.1) is 0 Å². The molecule has 2 heterocycles. The molecule has 0 aliphatic heterocycles. The smallest absolute Gasteiger partial charge is 0.306 e. The van der Waals surface area contributed by atoms with Crippen molar-refractivity contribution in [1.82, 2.24) is 14.5 Å². The van der Waals surface area contributed by atoms with Gasteiger partial charge in [-0.25, -0.2) is 9.55 Å². The molecule has 2 rings (SSSR count). The lowest BCUT2D eigenvalue weighted by Gasteiger charge is -2.03. The Bertz CT molecular complexity index is 622. The molecule has 0 atom stereocenters. The van der Waals surface area contributed by atoms with Crippen LogP contribution in [0.3, 0.4) is 0 Å². The fraction of sp³-hybridized carbons (Fsp3) is 0.455. The number of nitrogens with two attached hydrogens (primary N) is 1. The summed E-state index contributed by atoms with van der Waals surface area (Å²) in [5.41, 5.74) is 6.35. The van der Waals surface area contributed by atoms with Crippen LogP contribution >= 0.6 is 0 Å². The van der Waals surface area contributed by atoms with E-state index in [1.807, 2.05) is 0 Å². The van der Waals surface area contributed by atoms with Crippen molar-refractivity contribution in [2.45, 2.75) is 25.8 Å². The van der Waals surface area contributed by atoms with E-state index in [1.165, 1.54) is 0 Å². The number of unbranched alkanes of at least 4 members (excludes halogenated alkanes) is 1. The lowest BCUT2D eigenvalue weighted by molar-refractivity contribution is -0.674. The van der Waals surface area contributed by atoms with Crippen LogP contribution in [0.4, 0.5) is 5.95 Å². The largest absolute Gasteiger partial charge is 0.856 e.